The van der Waals surface area contributed by atoms with Crippen LogP contribution in [0.3, 0.4) is 0 Å². The summed E-state index contributed by atoms with van der Waals surface area (Å²) in [5.74, 6) is 0.712. The molecular formula is C21H27N3O2. The maximum absolute atomic E-state index is 9.88. The standard InChI is InChI=1S/C21H27N3O2/c1-21(2,3)19(22)12-24-17(13-25)16-10-7-11-18(20(16)23-24)26-14-15-8-5-4-6-9-15/h4-11,19,25H,12-14,22H2,1-3H3. The Morgan fingerprint density at radius 2 is 1.85 bits per heavy atom. The fourth-order valence-corrected chi connectivity index (χ4v) is 2.81. The average molecular weight is 353 g/mol. The van der Waals surface area contributed by atoms with E-state index in [1.165, 1.54) is 0 Å². The Bertz CT molecular complexity index is 866. The van der Waals surface area contributed by atoms with Crippen LogP contribution in [-0.4, -0.2) is 20.9 Å². The topological polar surface area (TPSA) is 73.3 Å². The number of aliphatic hydroxyl groups excluding tert-OH is 1. The third kappa shape index (κ3) is 3.89. The first kappa shape index (κ1) is 18.4. The molecule has 0 saturated carbocycles. The van der Waals surface area contributed by atoms with E-state index in [1.807, 2.05) is 53.2 Å². The fraction of sp³-hybridized carbons (Fsp3) is 0.381. The number of nitrogens with two attached hydrogens (primary N) is 1. The molecule has 3 aromatic rings. The predicted octanol–water partition coefficient (Wildman–Crippen LogP) is 3.48. The third-order valence-electron chi connectivity index (χ3n) is 4.71. The van der Waals surface area contributed by atoms with Gasteiger partial charge < -0.3 is 15.6 Å². The highest BCUT2D eigenvalue weighted by Gasteiger charge is 2.23. The second kappa shape index (κ2) is 7.48. The molecule has 1 atom stereocenters. The summed E-state index contributed by atoms with van der Waals surface area (Å²) in [6, 6.07) is 15.7. The summed E-state index contributed by atoms with van der Waals surface area (Å²) < 4.78 is 7.82. The SMILES string of the molecule is CC(C)(C)C(N)Cn1nc2c(OCc3ccccc3)cccc2c1CO. The van der Waals surface area contributed by atoms with E-state index in [2.05, 4.69) is 20.8 Å². The monoisotopic (exact) mass is 353 g/mol. The van der Waals surface area contributed by atoms with E-state index in [1.54, 1.807) is 0 Å². The van der Waals surface area contributed by atoms with Gasteiger partial charge in [-0.05, 0) is 17.0 Å². The Hall–Kier alpha value is -2.37. The van der Waals surface area contributed by atoms with Gasteiger partial charge in [-0.2, -0.15) is 5.10 Å². The van der Waals surface area contributed by atoms with Crippen molar-refractivity contribution in [1.29, 1.82) is 0 Å². The Morgan fingerprint density at radius 1 is 1.12 bits per heavy atom. The normalized spacial score (nSPS) is 13.1. The smallest absolute Gasteiger partial charge is 0.147 e. The van der Waals surface area contributed by atoms with E-state index in [9.17, 15) is 5.11 Å². The summed E-state index contributed by atoms with van der Waals surface area (Å²) in [5, 5.41) is 15.5. The van der Waals surface area contributed by atoms with Crippen LogP contribution in [0.25, 0.3) is 10.9 Å². The van der Waals surface area contributed by atoms with Gasteiger partial charge in [0.05, 0.1) is 18.8 Å². The van der Waals surface area contributed by atoms with E-state index in [-0.39, 0.29) is 18.1 Å². The summed E-state index contributed by atoms with van der Waals surface area (Å²) in [4.78, 5) is 0. The summed E-state index contributed by atoms with van der Waals surface area (Å²) in [5.41, 5.74) is 8.91. The number of aliphatic hydroxyl groups is 1. The van der Waals surface area contributed by atoms with Crippen molar-refractivity contribution in [2.24, 2.45) is 11.1 Å². The molecule has 3 N–H and O–H groups in total. The average Bonchev–Trinajstić information content (AvgIpc) is 2.97. The number of ether oxygens (including phenoxy) is 1. The second-order valence-electron chi connectivity index (χ2n) is 7.69. The van der Waals surface area contributed by atoms with Crippen molar-refractivity contribution in [3.05, 3.63) is 59.8 Å². The Morgan fingerprint density at radius 3 is 2.50 bits per heavy atom. The highest BCUT2D eigenvalue weighted by Crippen LogP contribution is 2.29. The quantitative estimate of drug-likeness (QED) is 0.711. The molecule has 0 spiro atoms. The first-order valence-corrected chi connectivity index (χ1v) is 8.91. The molecule has 1 heterocycles. The van der Waals surface area contributed by atoms with Crippen molar-refractivity contribution in [3.63, 3.8) is 0 Å². The van der Waals surface area contributed by atoms with Crippen molar-refractivity contribution in [3.8, 4) is 5.75 Å². The van der Waals surface area contributed by atoms with Gasteiger partial charge in [-0.1, -0.05) is 63.2 Å². The molecule has 0 aliphatic heterocycles. The zero-order valence-electron chi connectivity index (χ0n) is 15.6. The van der Waals surface area contributed by atoms with Gasteiger partial charge >= 0.3 is 0 Å². The predicted molar refractivity (Wildman–Crippen MR) is 104 cm³/mol. The Balaban J connectivity index is 1.91. The zero-order valence-corrected chi connectivity index (χ0v) is 15.6. The molecule has 138 valence electrons. The van der Waals surface area contributed by atoms with Crippen molar-refractivity contribution in [1.82, 2.24) is 9.78 Å². The van der Waals surface area contributed by atoms with Gasteiger partial charge in [-0.15, -0.1) is 0 Å². The fourth-order valence-electron chi connectivity index (χ4n) is 2.81. The van der Waals surface area contributed by atoms with Crippen LogP contribution in [0.15, 0.2) is 48.5 Å². The number of rotatable bonds is 6. The van der Waals surface area contributed by atoms with E-state index >= 15 is 0 Å². The molecule has 0 saturated heterocycles. The van der Waals surface area contributed by atoms with Crippen LogP contribution >= 0.6 is 0 Å². The Labute approximate surface area is 154 Å². The number of fused-ring (bicyclic) bond motifs is 1. The first-order chi connectivity index (χ1) is 12.4. The van der Waals surface area contributed by atoms with Crippen LogP contribution in [0.1, 0.15) is 32.0 Å². The lowest BCUT2D eigenvalue weighted by Gasteiger charge is -2.27. The molecule has 1 aromatic heterocycles. The van der Waals surface area contributed by atoms with Crippen LogP contribution < -0.4 is 10.5 Å². The van der Waals surface area contributed by atoms with Gasteiger partial charge in [-0.25, -0.2) is 0 Å². The molecule has 0 fully saturated rings. The largest absolute Gasteiger partial charge is 0.487 e. The van der Waals surface area contributed by atoms with Gasteiger partial charge in [0.25, 0.3) is 0 Å². The number of hydrogen-bond donors (Lipinski definition) is 2. The molecule has 0 amide bonds. The van der Waals surface area contributed by atoms with Crippen LogP contribution in [0.4, 0.5) is 0 Å². The molecule has 5 heteroatoms. The molecule has 0 aliphatic rings. The Kier molecular flexibility index (Phi) is 5.30. The molecule has 5 nitrogen and oxygen atoms in total. The molecule has 26 heavy (non-hydrogen) atoms. The lowest BCUT2D eigenvalue weighted by atomic mass is 9.87. The maximum atomic E-state index is 9.88. The van der Waals surface area contributed by atoms with Gasteiger partial charge in [0.2, 0.25) is 0 Å². The van der Waals surface area contributed by atoms with Gasteiger partial charge in [-0.3, -0.25) is 4.68 Å². The van der Waals surface area contributed by atoms with E-state index in [0.29, 0.717) is 18.9 Å². The minimum absolute atomic E-state index is 0.0441. The molecule has 3 rings (SSSR count). The number of aromatic nitrogens is 2. The highest BCUT2D eigenvalue weighted by atomic mass is 16.5. The summed E-state index contributed by atoms with van der Waals surface area (Å²) in [6.45, 7) is 7.25. The first-order valence-electron chi connectivity index (χ1n) is 8.91. The lowest BCUT2D eigenvalue weighted by Crippen LogP contribution is -2.39. The van der Waals surface area contributed by atoms with Crippen LogP contribution in [0, 0.1) is 5.41 Å². The molecule has 2 aromatic carbocycles. The van der Waals surface area contributed by atoms with Crippen molar-refractivity contribution in [2.75, 3.05) is 0 Å². The van der Waals surface area contributed by atoms with Gasteiger partial charge in [0, 0.05) is 11.4 Å². The molecule has 0 aliphatic carbocycles. The van der Waals surface area contributed by atoms with Gasteiger partial charge in [0.1, 0.15) is 17.9 Å². The van der Waals surface area contributed by atoms with E-state index < -0.39 is 0 Å². The summed E-state index contributed by atoms with van der Waals surface area (Å²) in [6.07, 6.45) is 0. The minimum atomic E-state index is -0.0878. The minimum Gasteiger partial charge on any atom is -0.487 e. The number of benzene rings is 2. The highest BCUT2D eigenvalue weighted by molar-refractivity contribution is 5.87. The molecular weight excluding hydrogens is 326 g/mol. The molecule has 1 unspecified atom stereocenters. The zero-order chi connectivity index (χ0) is 18.7. The molecule has 0 bridgehead atoms. The summed E-state index contributed by atoms with van der Waals surface area (Å²) >= 11 is 0. The summed E-state index contributed by atoms with van der Waals surface area (Å²) in [7, 11) is 0. The second-order valence-corrected chi connectivity index (χ2v) is 7.69. The van der Waals surface area contributed by atoms with Crippen molar-refractivity contribution >= 4 is 10.9 Å². The third-order valence-corrected chi connectivity index (χ3v) is 4.71. The van der Waals surface area contributed by atoms with Crippen molar-refractivity contribution in [2.45, 2.75) is 46.6 Å². The maximum Gasteiger partial charge on any atom is 0.147 e. The lowest BCUT2D eigenvalue weighted by molar-refractivity contribution is 0.249. The van der Waals surface area contributed by atoms with E-state index in [4.69, 9.17) is 15.6 Å². The van der Waals surface area contributed by atoms with Crippen LogP contribution in [0.2, 0.25) is 0 Å². The number of nitrogens with zero attached hydrogens (tertiary/aromatic N) is 2. The van der Waals surface area contributed by atoms with Crippen LogP contribution in [0.5, 0.6) is 5.75 Å². The van der Waals surface area contributed by atoms with Gasteiger partial charge in [0.15, 0.2) is 0 Å². The molecule has 0 radical (unpaired) electrons. The number of hydrogen-bond acceptors (Lipinski definition) is 4. The van der Waals surface area contributed by atoms with Crippen molar-refractivity contribution < 1.29 is 9.84 Å². The van der Waals surface area contributed by atoms with E-state index in [0.717, 1.165) is 22.2 Å². The van der Waals surface area contributed by atoms with Crippen LogP contribution in [-0.2, 0) is 19.8 Å².